The van der Waals surface area contributed by atoms with Crippen molar-refractivity contribution in [1.29, 1.82) is 0 Å². The Morgan fingerprint density at radius 2 is 2.45 bits per heavy atom. The molecule has 0 atom stereocenters. The van der Waals surface area contributed by atoms with Gasteiger partial charge in [0.1, 0.15) is 5.69 Å². The Hall–Kier alpha value is -0.720. The minimum absolute atomic E-state index is 0.0351. The fraction of sp³-hybridized carbons (Fsp3) is 0. The van der Waals surface area contributed by atoms with Crippen LogP contribution in [-0.4, -0.2) is 16.4 Å². The van der Waals surface area contributed by atoms with Crippen LogP contribution >= 0.6 is 22.6 Å². The molecule has 0 bridgehead atoms. The Balaban J connectivity index is 3.09. The molecule has 1 rings (SSSR count). The molecule has 0 aliphatic rings. The third kappa shape index (κ3) is 2.11. The predicted molar refractivity (Wildman–Crippen MR) is 46.3 cm³/mol. The number of halogens is 2. The van der Waals surface area contributed by atoms with E-state index < -0.39 is 5.82 Å². The molecule has 5 heteroatoms. The molecule has 0 aromatic carbocycles. The standard InChI is InChI=1S/C6H4FIN2O/c7-5-1-4(8)2-9-6(5)3-10-11/h1-3,11H/b10-3+. The molecule has 0 unspecified atom stereocenters. The molecule has 3 nitrogen and oxygen atoms in total. The van der Waals surface area contributed by atoms with Crippen molar-refractivity contribution in [3.05, 3.63) is 27.3 Å². The third-order valence-electron chi connectivity index (χ3n) is 1.02. The molecule has 0 saturated heterocycles. The van der Waals surface area contributed by atoms with E-state index in [-0.39, 0.29) is 5.69 Å². The molecule has 1 aromatic rings. The maximum absolute atomic E-state index is 12.8. The second kappa shape index (κ2) is 3.61. The molecule has 1 N–H and O–H groups in total. The lowest BCUT2D eigenvalue weighted by molar-refractivity contribution is 0.321. The summed E-state index contributed by atoms with van der Waals surface area (Å²) in [6, 6.07) is 1.31. The highest BCUT2D eigenvalue weighted by Gasteiger charge is 2.00. The Kier molecular flexibility index (Phi) is 2.75. The average molecular weight is 266 g/mol. The van der Waals surface area contributed by atoms with Gasteiger partial charge >= 0.3 is 0 Å². The average Bonchev–Trinajstić information content (AvgIpc) is 1.95. The molecule has 1 heterocycles. The molecule has 0 aliphatic carbocycles. The molecule has 0 radical (unpaired) electrons. The van der Waals surface area contributed by atoms with E-state index in [2.05, 4.69) is 10.1 Å². The Bertz CT molecular complexity index is 290. The van der Waals surface area contributed by atoms with Gasteiger partial charge in [-0.05, 0) is 28.7 Å². The van der Waals surface area contributed by atoms with Gasteiger partial charge < -0.3 is 5.21 Å². The summed E-state index contributed by atoms with van der Waals surface area (Å²) in [7, 11) is 0. The lowest BCUT2D eigenvalue weighted by Crippen LogP contribution is -1.93. The van der Waals surface area contributed by atoms with Crippen LogP contribution in [0.15, 0.2) is 17.4 Å². The molecular formula is C6H4FIN2O. The predicted octanol–water partition coefficient (Wildman–Crippen LogP) is 1.63. The van der Waals surface area contributed by atoms with E-state index in [0.29, 0.717) is 3.57 Å². The summed E-state index contributed by atoms with van der Waals surface area (Å²) in [5.41, 5.74) is 0.0351. The maximum Gasteiger partial charge on any atom is 0.151 e. The lowest BCUT2D eigenvalue weighted by Gasteiger charge is -1.93. The Morgan fingerprint density at radius 1 is 1.73 bits per heavy atom. The van der Waals surface area contributed by atoms with Crippen molar-refractivity contribution in [2.75, 3.05) is 0 Å². The maximum atomic E-state index is 12.8. The van der Waals surface area contributed by atoms with Gasteiger partial charge in [0.2, 0.25) is 0 Å². The zero-order valence-corrected chi connectivity index (χ0v) is 7.49. The van der Waals surface area contributed by atoms with Crippen LogP contribution in [0, 0.1) is 9.39 Å². The van der Waals surface area contributed by atoms with Crippen LogP contribution in [0.5, 0.6) is 0 Å². The first-order valence-corrected chi connectivity index (χ1v) is 3.80. The zero-order chi connectivity index (χ0) is 8.27. The highest BCUT2D eigenvalue weighted by atomic mass is 127. The normalized spacial score (nSPS) is 10.7. The molecule has 11 heavy (non-hydrogen) atoms. The molecule has 0 fully saturated rings. The van der Waals surface area contributed by atoms with Crippen molar-refractivity contribution in [1.82, 2.24) is 4.98 Å². The minimum Gasteiger partial charge on any atom is -0.411 e. The van der Waals surface area contributed by atoms with E-state index in [0.717, 1.165) is 6.21 Å². The number of hydrogen-bond donors (Lipinski definition) is 1. The molecule has 0 amide bonds. The summed E-state index contributed by atoms with van der Waals surface area (Å²) in [4.78, 5) is 3.68. The summed E-state index contributed by atoms with van der Waals surface area (Å²) in [6.45, 7) is 0. The number of hydrogen-bond acceptors (Lipinski definition) is 3. The van der Waals surface area contributed by atoms with Crippen molar-refractivity contribution >= 4 is 28.8 Å². The highest BCUT2D eigenvalue weighted by Crippen LogP contribution is 2.06. The number of nitrogens with zero attached hydrogens (tertiary/aromatic N) is 2. The molecule has 0 aliphatic heterocycles. The van der Waals surface area contributed by atoms with Gasteiger partial charge in [-0.15, -0.1) is 0 Å². The second-order valence-corrected chi connectivity index (χ2v) is 3.01. The summed E-state index contributed by atoms with van der Waals surface area (Å²) in [5.74, 6) is -0.491. The summed E-state index contributed by atoms with van der Waals surface area (Å²) >= 11 is 1.94. The van der Waals surface area contributed by atoms with Gasteiger partial charge in [0.05, 0.1) is 6.21 Å². The van der Waals surface area contributed by atoms with Gasteiger partial charge in [-0.2, -0.15) is 0 Å². The first kappa shape index (κ1) is 8.38. The van der Waals surface area contributed by atoms with Crippen molar-refractivity contribution in [2.45, 2.75) is 0 Å². The SMILES string of the molecule is O/N=C/c1ncc(I)cc1F. The Labute approximate surface area is 76.1 Å². The van der Waals surface area contributed by atoms with Crippen molar-refractivity contribution in [2.24, 2.45) is 5.16 Å². The summed E-state index contributed by atoms with van der Waals surface area (Å²) in [6.07, 6.45) is 2.44. The van der Waals surface area contributed by atoms with E-state index in [9.17, 15) is 4.39 Å². The van der Waals surface area contributed by atoms with E-state index in [4.69, 9.17) is 5.21 Å². The molecule has 0 saturated carbocycles. The van der Waals surface area contributed by atoms with Crippen LogP contribution in [0.2, 0.25) is 0 Å². The van der Waals surface area contributed by atoms with Gasteiger partial charge in [-0.1, -0.05) is 5.16 Å². The van der Waals surface area contributed by atoms with Crippen molar-refractivity contribution in [3.8, 4) is 0 Å². The fourth-order valence-corrected chi connectivity index (χ4v) is 0.988. The minimum atomic E-state index is -0.491. The largest absolute Gasteiger partial charge is 0.411 e. The molecule has 1 aromatic heterocycles. The topological polar surface area (TPSA) is 45.5 Å². The van der Waals surface area contributed by atoms with Crippen LogP contribution < -0.4 is 0 Å². The van der Waals surface area contributed by atoms with Gasteiger partial charge in [-0.3, -0.25) is 4.98 Å². The number of oxime groups is 1. The number of aromatic nitrogens is 1. The zero-order valence-electron chi connectivity index (χ0n) is 5.33. The van der Waals surface area contributed by atoms with E-state index in [1.54, 1.807) is 0 Å². The van der Waals surface area contributed by atoms with Crippen LogP contribution in [0.3, 0.4) is 0 Å². The molecular weight excluding hydrogens is 262 g/mol. The highest BCUT2D eigenvalue weighted by molar-refractivity contribution is 14.1. The number of rotatable bonds is 1. The quantitative estimate of drug-likeness (QED) is 0.363. The fourth-order valence-electron chi connectivity index (χ4n) is 0.575. The monoisotopic (exact) mass is 266 g/mol. The van der Waals surface area contributed by atoms with Crippen LogP contribution in [0.25, 0.3) is 0 Å². The van der Waals surface area contributed by atoms with Gasteiger partial charge in [0.25, 0.3) is 0 Å². The molecule has 58 valence electrons. The smallest absolute Gasteiger partial charge is 0.151 e. The first-order valence-electron chi connectivity index (χ1n) is 2.72. The lowest BCUT2D eigenvalue weighted by atomic mass is 10.3. The van der Waals surface area contributed by atoms with E-state index in [1.807, 2.05) is 22.6 Å². The van der Waals surface area contributed by atoms with Gasteiger partial charge in [-0.25, -0.2) is 4.39 Å². The van der Waals surface area contributed by atoms with Crippen LogP contribution in [0.4, 0.5) is 4.39 Å². The van der Waals surface area contributed by atoms with Crippen LogP contribution in [-0.2, 0) is 0 Å². The van der Waals surface area contributed by atoms with Crippen molar-refractivity contribution in [3.63, 3.8) is 0 Å². The third-order valence-corrected chi connectivity index (χ3v) is 1.61. The van der Waals surface area contributed by atoms with E-state index in [1.165, 1.54) is 12.3 Å². The first-order chi connectivity index (χ1) is 5.24. The molecule has 0 spiro atoms. The number of pyridine rings is 1. The van der Waals surface area contributed by atoms with Crippen LogP contribution in [0.1, 0.15) is 5.69 Å². The van der Waals surface area contributed by atoms with Crippen molar-refractivity contribution < 1.29 is 9.60 Å². The van der Waals surface area contributed by atoms with Gasteiger partial charge in [0, 0.05) is 9.77 Å². The summed E-state index contributed by atoms with van der Waals surface area (Å²) < 4.78 is 13.5. The summed E-state index contributed by atoms with van der Waals surface area (Å²) in [5, 5.41) is 10.7. The van der Waals surface area contributed by atoms with E-state index >= 15 is 0 Å². The van der Waals surface area contributed by atoms with Gasteiger partial charge in [0.15, 0.2) is 5.82 Å². The Morgan fingerprint density at radius 3 is 3.00 bits per heavy atom. The second-order valence-electron chi connectivity index (χ2n) is 1.77.